The SMILES string of the molecule is CC[Si-](C)(C)C#Cc1cccc(C2(O)C(C)N(c3ccc(Cl)cc3)C(=O)N2c2ccc(Cl)cc2)c1. The zero-order chi connectivity index (χ0) is 25.4. The third-order valence-electron chi connectivity index (χ3n) is 6.61. The maximum Gasteiger partial charge on any atom is 0.332 e. The molecule has 0 saturated carbocycles. The Morgan fingerprint density at radius 2 is 1.54 bits per heavy atom. The summed E-state index contributed by atoms with van der Waals surface area (Å²) in [5.41, 5.74) is 4.39. The molecule has 0 bridgehead atoms. The number of carbonyl (C=O) groups excluding carboxylic acids is 1. The lowest BCUT2D eigenvalue weighted by Gasteiger charge is -2.36. The van der Waals surface area contributed by atoms with E-state index in [2.05, 4.69) is 31.5 Å². The van der Waals surface area contributed by atoms with E-state index >= 15 is 0 Å². The average molecular weight is 524 g/mol. The average Bonchev–Trinajstić information content (AvgIpc) is 3.05. The van der Waals surface area contributed by atoms with Crippen LogP contribution >= 0.6 is 23.2 Å². The minimum Gasteiger partial charge on any atom is -0.365 e. The van der Waals surface area contributed by atoms with Crippen LogP contribution in [0.2, 0.25) is 29.2 Å². The van der Waals surface area contributed by atoms with Gasteiger partial charge in [-0.1, -0.05) is 50.3 Å². The topological polar surface area (TPSA) is 43.8 Å². The maximum atomic E-state index is 13.9. The molecule has 0 aliphatic carbocycles. The molecule has 1 fully saturated rings. The van der Waals surface area contributed by atoms with Crippen molar-refractivity contribution < 1.29 is 9.90 Å². The van der Waals surface area contributed by atoms with E-state index in [-0.39, 0.29) is 6.03 Å². The van der Waals surface area contributed by atoms with E-state index in [9.17, 15) is 9.90 Å². The van der Waals surface area contributed by atoms with E-state index < -0.39 is 19.8 Å². The summed E-state index contributed by atoms with van der Waals surface area (Å²) in [7, 11) is -1.60. The molecule has 0 aromatic heterocycles. The Morgan fingerprint density at radius 3 is 2.11 bits per heavy atom. The smallest absolute Gasteiger partial charge is 0.332 e. The lowest BCUT2D eigenvalue weighted by molar-refractivity contribution is 0.0372. The van der Waals surface area contributed by atoms with Gasteiger partial charge in [0.05, 0.1) is 6.04 Å². The number of amides is 2. The minimum atomic E-state index is -1.65. The molecule has 4 nitrogen and oxygen atoms in total. The number of carbonyl (C=O) groups is 1. The minimum absolute atomic E-state index is 0.347. The molecule has 1 N–H and O–H groups in total. The molecule has 3 aromatic carbocycles. The van der Waals surface area contributed by atoms with Crippen molar-refractivity contribution in [1.29, 1.82) is 0 Å². The molecule has 1 aliphatic rings. The first-order chi connectivity index (χ1) is 16.6. The Kier molecular flexibility index (Phi) is 7.03. The number of nitrogens with zero attached hydrogens (tertiary/aromatic N) is 2. The van der Waals surface area contributed by atoms with Crippen LogP contribution in [0.15, 0.2) is 72.8 Å². The lowest BCUT2D eigenvalue weighted by Crippen LogP contribution is -2.48. The molecule has 181 valence electrons. The number of halogens is 2. The van der Waals surface area contributed by atoms with Gasteiger partial charge in [0, 0.05) is 32.5 Å². The van der Waals surface area contributed by atoms with Gasteiger partial charge in [0.1, 0.15) is 0 Å². The van der Waals surface area contributed by atoms with Crippen molar-refractivity contribution in [3.63, 3.8) is 0 Å². The van der Waals surface area contributed by atoms with Gasteiger partial charge in [-0.2, -0.15) is 13.1 Å². The van der Waals surface area contributed by atoms with Gasteiger partial charge < -0.3 is 5.11 Å². The van der Waals surface area contributed by atoms with Crippen molar-refractivity contribution in [3.8, 4) is 11.5 Å². The Bertz CT molecular complexity index is 1300. The number of urea groups is 1. The Labute approximate surface area is 218 Å². The molecule has 2 amide bonds. The van der Waals surface area contributed by atoms with Crippen LogP contribution in [0.1, 0.15) is 25.0 Å². The molecule has 0 spiro atoms. The van der Waals surface area contributed by atoms with Crippen molar-refractivity contribution in [1.82, 2.24) is 0 Å². The summed E-state index contributed by atoms with van der Waals surface area (Å²) >= 11 is 12.2. The second kappa shape index (κ2) is 9.71. The third-order valence-corrected chi connectivity index (χ3v) is 9.69. The third kappa shape index (κ3) is 4.85. The molecule has 1 heterocycles. The molecular weight excluding hydrogens is 495 g/mol. The standard InChI is InChI=1S/C28H28Cl2N2O2Si/c1-5-35(3,4)18-17-21-7-6-8-22(19-21)28(34)20(2)31(25-13-9-23(29)10-14-25)27(33)32(28)26-15-11-24(30)12-16-26/h6-16,19-20,34H,5H2,1-4H3/q-1. The van der Waals surface area contributed by atoms with Crippen LogP contribution in [0, 0.1) is 11.5 Å². The van der Waals surface area contributed by atoms with Crippen LogP contribution in [-0.2, 0) is 5.72 Å². The van der Waals surface area contributed by atoms with Crippen molar-refractivity contribution in [2.45, 2.75) is 44.8 Å². The highest BCUT2D eigenvalue weighted by atomic mass is 35.5. The van der Waals surface area contributed by atoms with Crippen LogP contribution in [-0.4, -0.2) is 25.3 Å². The van der Waals surface area contributed by atoms with E-state index in [4.69, 9.17) is 23.2 Å². The number of benzene rings is 3. The van der Waals surface area contributed by atoms with Gasteiger partial charge in [0.2, 0.25) is 0 Å². The number of hydrogen-bond donors (Lipinski definition) is 1. The van der Waals surface area contributed by atoms with E-state index in [1.807, 2.05) is 31.2 Å². The predicted octanol–water partition coefficient (Wildman–Crippen LogP) is 7.29. The summed E-state index contributed by atoms with van der Waals surface area (Å²) in [5, 5.41) is 13.5. The van der Waals surface area contributed by atoms with Crippen LogP contribution < -0.4 is 9.80 Å². The normalized spacial score (nSPS) is 20.1. The van der Waals surface area contributed by atoms with Gasteiger partial charge in [-0.05, 0) is 67.6 Å². The summed E-state index contributed by atoms with van der Waals surface area (Å²) in [6.07, 6.45) is 0. The molecule has 2 unspecified atom stereocenters. The van der Waals surface area contributed by atoms with Crippen LogP contribution in [0.4, 0.5) is 16.2 Å². The van der Waals surface area contributed by atoms with Gasteiger partial charge in [-0.25, -0.2) is 4.79 Å². The van der Waals surface area contributed by atoms with E-state index in [0.717, 1.165) is 11.6 Å². The fourth-order valence-electron chi connectivity index (χ4n) is 4.15. The fourth-order valence-corrected chi connectivity index (χ4v) is 5.06. The highest BCUT2D eigenvalue weighted by Crippen LogP contribution is 2.44. The summed E-state index contributed by atoms with van der Waals surface area (Å²) in [6, 6.07) is 21.6. The first-order valence-corrected chi connectivity index (χ1v) is 15.5. The largest absolute Gasteiger partial charge is 0.365 e. The number of anilines is 2. The first kappa shape index (κ1) is 25.3. The zero-order valence-corrected chi connectivity index (χ0v) is 22.7. The molecule has 7 heteroatoms. The molecule has 0 radical (unpaired) electrons. The highest BCUT2D eigenvalue weighted by molar-refractivity contribution is 6.85. The zero-order valence-electron chi connectivity index (χ0n) is 20.2. The van der Waals surface area contributed by atoms with Crippen molar-refractivity contribution in [2.75, 3.05) is 9.80 Å². The van der Waals surface area contributed by atoms with Gasteiger partial charge in [0.25, 0.3) is 0 Å². The summed E-state index contributed by atoms with van der Waals surface area (Å²) in [4.78, 5) is 16.9. The molecule has 3 aromatic rings. The van der Waals surface area contributed by atoms with Gasteiger partial charge in [-0.3, -0.25) is 15.3 Å². The first-order valence-electron chi connectivity index (χ1n) is 11.6. The Morgan fingerprint density at radius 1 is 0.971 bits per heavy atom. The second-order valence-electron chi connectivity index (χ2n) is 9.41. The van der Waals surface area contributed by atoms with Gasteiger partial charge >= 0.3 is 6.03 Å². The summed E-state index contributed by atoms with van der Waals surface area (Å²) in [5.74, 6) is 3.31. The van der Waals surface area contributed by atoms with Crippen molar-refractivity contribution in [3.05, 3.63) is 94.0 Å². The van der Waals surface area contributed by atoms with Crippen molar-refractivity contribution >= 4 is 48.7 Å². The van der Waals surface area contributed by atoms with E-state index in [1.54, 1.807) is 53.4 Å². The predicted molar refractivity (Wildman–Crippen MR) is 148 cm³/mol. The molecular formula is C28H28Cl2N2O2Si-. The number of hydrogen-bond acceptors (Lipinski definition) is 2. The summed E-state index contributed by atoms with van der Waals surface area (Å²) in [6.45, 7) is 8.48. The highest BCUT2D eigenvalue weighted by Gasteiger charge is 2.56. The van der Waals surface area contributed by atoms with E-state index in [0.29, 0.717) is 27.0 Å². The molecule has 35 heavy (non-hydrogen) atoms. The molecule has 4 rings (SSSR count). The van der Waals surface area contributed by atoms with Crippen LogP contribution in [0.3, 0.4) is 0 Å². The van der Waals surface area contributed by atoms with Gasteiger partial charge in [-0.15, -0.1) is 12.0 Å². The number of aliphatic hydroxyl groups is 1. The maximum absolute atomic E-state index is 13.9. The summed E-state index contributed by atoms with van der Waals surface area (Å²) < 4.78 is 0. The van der Waals surface area contributed by atoms with E-state index in [1.165, 1.54) is 4.90 Å². The second-order valence-corrected chi connectivity index (χ2v) is 15.0. The van der Waals surface area contributed by atoms with Crippen LogP contribution in [0.25, 0.3) is 0 Å². The lowest BCUT2D eigenvalue weighted by atomic mass is 9.93. The quantitative estimate of drug-likeness (QED) is 0.288. The fraction of sp³-hybridized carbons (Fsp3) is 0.250. The van der Waals surface area contributed by atoms with Gasteiger partial charge in [0.15, 0.2) is 5.72 Å². The number of rotatable bonds is 4. The monoisotopic (exact) mass is 522 g/mol. The van der Waals surface area contributed by atoms with Crippen LogP contribution in [0.5, 0.6) is 0 Å². The van der Waals surface area contributed by atoms with Crippen molar-refractivity contribution in [2.24, 2.45) is 0 Å². The molecule has 2 atom stereocenters. The molecule has 1 aliphatic heterocycles. The Balaban J connectivity index is 1.86. The Hall–Kier alpha value is -2.75. The molecule has 1 saturated heterocycles.